The molecule has 79 heavy (non-hydrogen) atoms. The average Bonchev–Trinajstić information content (AvgIpc) is 4.00. The molecule has 2 heterocycles. The van der Waals surface area contributed by atoms with E-state index in [-0.39, 0.29) is 5.41 Å². The van der Waals surface area contributed by atoms with Crippen LogP contribution >= 0.6 is 0 Å². The molecule has 370 valence electrons. The molecule has 0 saturated heterocycles. The van der Waals surface area contributed by atoms with E-state index in [1.165, 1.54) is 94.6 Å². The minimum atomic E-state index is -0.748. The highest BCUT2D eigenvalue weighted by Crippen LogP contribution is 2.63. The summed E-state index contributed by atoms with van der Waals surface area (Å²) in [6, 6.07) is 99.9. The molecule has 3 aliphatic carbocycles. The molecule has 0 N–H and O–H groups in total. The quantitative estimate of drug-likeness (QED) is 0.175. The Morgan fingerprint density at radius 1 is 0.291 bits per heavy atom. The second-order valence-corrected chi connectivity index (χ2v) is 22.3. The Labute approximate surface area is 459 Å². The molecule has 0 saturated carbocycles. The fourth-order valence-electron chi connectivity index (χ4n) is 14.6. The minimum absolute atomic E-state index is 0.215. The first-order valence-electron chi connectivity index (χ1n) is 27.6. The molecule has 3 heteroatoms. The Balaban J connectivity index is 0.975. The molecule has 0 amide bonds. The number of benzene rings is 12. The van der Waals surface area contributed by atoms with Crippen molar-refractivity contribution in [2.45, 2.75) is 24.7 Å². The summed E-state index contributed by atoms with van der Waals surface area (Å²) in [5.41, 5.74) is 29.9. The average molecular weight is 1010 g/mol. The topological polar surface area (TPSA) is 19.6 Å². The van der Waals surface area contributed by atoms with Crippen molar-refractivity contribution in [2.24, 2.45) is 0 Å². The normalized spacial score (nSPS) is 15.3. The predicted molar refractivity (Wildman–Crippen MR) is 327 cm³/mol. The van der Waals surface area contributed by atoms with E-state index in [1.54, 1.807) is 0 Å². The van der Waals surface area contributed by atoms with Crippen LogP contribution in [0, 0.1) is 0 Å². The van der Waals surface area contributed by atoms with E-state index in [0.717, 1.165) is 61.6 Å². The van der Waals surface area contributed by atoms with Crippen LogP contribution in [0.25, 0.3) is 88.7 Å². The molecule has 1 atom stereocenters. The van der Waals surface area contributed by atoms with Crippen LogP contribution < -0.4 is 9.80 Å². The first-order chi connectivity index (χ1) is 38.9. The highest BCUT2D eigenvalue weighted by atomic mass is 16.3. The van der Waals surface area contributed by atoms with Gasteiger partial charge in [-0.05, 0) is 168 Å². The molecule has 13 aromatic rings. The number of para-hydroxylation sites is 3. The van der Waals surface area contributed by atoms with Crippen LogP contribution in [0.1, 0.15) is 47.2 Å². The monoisotopic (exact) mass is 1010 g/mol. The molecule has 0 radical (unpaired) electrons. The first kappa shape index (κ1) is 44.2. The molecular formula is C76H50N2O. The molecule has 1 aliphatic heterocycles. The second kappa shape index (κ2) is 16.3. The van der Waals surface area contributed by atoms with Crippen LogP contribution in [0.3, 0.4) is 0 Å². The van der Waals surface area contributed by atoms with Crippen molar-refractivity contribution >= 4 is 56.1 Å². The van der Waals surface area contributed by atoms with Crippen molar-refractivity contribution < 1.29 is 4.42 Å². The lowest BCUT2D eigenvalue weighted by Crippen LogP contribution is -2.29. The SMILES string of the molecule is CC1(C)c2ccccc2-c2ccc(N(c3ccc4c(c3)-c3ccccc3-c3ccccc3N4c3ccccc3)c3ccc4c(c3)C3(c5ccccc5-c5ccccc5-4)c4ccccc4-c4cc5c(cc43)oc3ccccc35)cc21. The van der Waals surface area contributed by atoms with Gasteiger partial charge in [0.2, 0.25) is 0 Å². The molecule has 1 spiro atoms. The molecule has 17 rings (SSSR count). The largest absolute Gasteiger partial charge is 0.456 e. The molecule has 3 nitrogen and oxygen atoms in total. The van der Waals surface area contributed by atoms with Crippen molar-refractivity contribution in [1.82, 2.24) is 0 Å². The van der Waals surface area contributed by atoms with Gasteiger partial charge in [0, 0.05) is 50.1 Å². The number of rotatable bonds is 4. The summed E-state index contributed by atoms with van der Waals surface area (Å²) in [6.45, 7) is 4.77. The zero-order valence-electron chi connectivity index (χ0n) is 43.7. The van der Waals surface area contributed by atoms with E-state index in [4.69, 9.17) is 4.42 Å². The van der Waals surface area contributed by atoms with Gasteiger partial charge in [-0.2, -0.15) is 0 Å². The predicted octanol–water partition coefficient (Wildman–Crippen LogP) is 20.5. The fraction of sp³-hybridized carbons (Fsp3) is 0.0526. The van der Waals surface area contributed by atoms with Gasteiger partial charge in [0.25, 0.3) is 0 Å². The maximum Gasteiger partial charge on any atom is 0.135 e. The number of hydrogen-bond donors (Lipinski definition) is 0. The molecule has 1 aromatic heterocycles. The van der Waals surface area contributed by atoms with Crippen molar-refractivity contribution in [1.29, 1.82) is 0 Å². The summed E-state index contributed by atoms with van der Waals surface area (Å²) in [7, 11) is 0. The van der Waals surface area contributed by atoms with Crippen molar-refractivity contribution in [3.8, 4) is 66.8 Å². The van der Waals surface area contributed by atoms with Crippen molar-refractivity contribution in [3.05, 3.63) is 300 Å². The summed E-state index contributed by atoms with van der Waals surface area (Å²) in [6.07, 6.45) is 0. The van der Waals surface area contributed by atoms with Gasteiger partial charge in [-0.3, -0.25) is 0 Å². The maximum absolute atomic E-state index is 6.86. The zero-order valence-corrected chi connectivity index (χ0v) is 43.7. The first-order valence-corrected chi connectivity index (χ1v) is 27.6. The van der Waals surface area contributed by atoms with E-state index >= 15 is 0 Å². The third-order valence-electron chi connectivity index (χ3n) is 18.0. The second-order valence-electron chi connectivity index (χ2n) is 22.3. The molecule has 1 unspecified atom stereocenters. The Hall–Kier alpha value is -9.96. The number of fused-ring (bicyclic) bond motifs is 23. The highest BCUT2D eigenvalue weighted by Gasteiger charge is 2.50. The van der Waals surface area contributed by atoms with Crippen LogP contribution in [-0.2, 0) is 10.8 Å². The standard InChI is InChI=1S/C76H50N2O/c1-75(2)65-31-15-10-27-56(65)59-40-37-49(43-68(59)75)77(48-38-41-72-63(42-48)54-25-9-8-24-53(54)60-29-13-18-34-71(60)78(72)47-20-4-3-5-21-47)50-36-39-58-52-23-7-6-22-51(52)55-26-11-16-32-66(55)76(69(58)44-50)67-33-17-12-28-57(67)62-45-64-61-30-14-19-35-73(61)79-74(64)46-70(62)76/h3-46H,1-2H3. The lowest BCUT2D eigenvalue weighted by molar-refractivity contribution is 0.660. The Bertz CT molecular complexity index is 4730. The van der Waals surface area contributed by atoms with Gasteiger partial charge in [0.15, 0.2) is 0 Å². The molecule has 0 fully saturated rings. The Morgan fingerprint density at radius 3 is 1.44 bits per heavy atom. The third kappa shape index (κ3) is 6.02. The van der Waals surface area contributed by atoms with Gasteiger partial charge in [0.1, 0.15) is 11.2 Å². The van der Waals surface area contributed by atoms with E-state index < -0.39 is 5.41 Å². The minimum Gasteiger partial charge on any atom is -0.456 e. The third-order valence-corrected chi connectivity index (χ3v) is 18.0. The van der Waals surface area contributed by atoms with Crippen LogP contribution in [-0.4, -0.2) is 0 Å². The zero-order chi connectivity index (χ0) is 52.1. The van der Waals surface area contributed by atoms with Gasteiger partial charge >= 0.3 is 0 Å². The molecular weight excluding hydrogens is 957 g/mol. The Morgan fingerprint density at radius 2 is 0.747 bits per heavy atom. The summed E-state index contributed by atoms with van der Waals surface area (Å²) >= 11 is 0. The van der Waals surface area contributed by atoms with Crippen molar-refractivity contribution in [3.63, 3.8) is 0 Å². The van der Waals surface area contributed by atoms with E-state index in [9.17, 15) is 0 Å². The van der Waals surface area contributed by atoms with Crippen LogP contribution in [0.4, 0.5) is 34.1 Å². The lowest BCUT2D eigenvalue weighted by Gasteiger charge is -2.36. The molecule has 4 aliphatic rings. The van der Waals surface area contributed by atoms with Gasteiger partial charge in [-0.1, -0.05) is 202 Å². The highest BCUT2D eigenvalue weighted by molar-refractivity contribution is 6.10. The van der Waals surface area contributed by atoms with E-state index in [1.807, 2.05) is 0 Å². The van der Waals surface area contributed by atoms with Gasteiger partial charge in [-0.25, -0.2) is 0 Å². The van der Waals surface area contributed by atoms with E-state index in [0.29, 0.717) is 0 Å². The number of anilines is 6. The summed E-state index contributed by atoms with van der Waals surface area (Å²) in [5.74, 6) is 0. The number of hydrogen-bond acceptors (Lipinski definition) is 3. The molecule has 12 aromatic carbocycles. The number of furan rings is 1. The van der Waals surface area contributed by atoms with Crippen LogP contribution in [0.5, 0.6) is 0 Å². The number of nitrogens with zero attached hydrogens (tertiary/aromatic N) is 2. The maximum atomic E-state index is 6.86. The molecule has 0 bridgehead atoms. The van der Waals surface area contributed by atoms with Crippen molar-refractivity contribution in [2.75, 3.05) is 9.80 Å². The van der Waals surface area contributed by atoms with E-state index in [2.05, 4.69) is 291 Å². The fourth-order valence-corrected chi connectivity index (χ4v) is 14.6. The van der Waals surface area contributed by atoms with Gasteiger partial charge < -0.3 is 14.2 Å². The lowest BCUT2D eigenvalue weighted by atomic mass is 9.65. The summed E-state index contributed by atoms with van der Waals surface area (Å²) in [4.78, 5) is 4.98. The van der Waals surface area contributed by atoms with Gasteiger partial charge in [-0.15, -0.1) is 0 Å². The smallest absolute Gasteiger partial charge is 0.135 e. The summed E-state index contributed by atoms with van der Waals surface area (Å²) < 4.78 is 6.86. The van der Waals surface area contributed by atoms with Gasteiger partial charge in [0.05, 0.1) is 16.8 Å². The van der Waals surface area contributed by atoms with Crippen LogP contribution in [0.15, 0.2) is 271 Å². The summed E-state index contributed by atoms with van der Waals surface area (Å²) in [5, 5.41) is 2.26. The van der Waals surface area contributed by atoms with Crippen LogP contribution in [0.2, 0.25) is 0 Å². The Kier molecular flexibility index (Phi) is 9.11.